The fourth-order valence-electron chi connectivity index (χ4n) is 8.88. The summed E-state index contributed by atoms with van der Waals surface area (Å²) < 4.78 is 29.7. The summed E-state index contributed by atoms with van der Waals surface area (Å²) in [5.74, 6) is -0.197. The Morgan fingerprint density at radius 2 is 1.46 bits per heavy atom. The van der Waals surface area contributed by atoms with E-state index in [4.69, 9.17) is 34.4 Å². The Bertz CT molecular complexity index is 3160. The Kier molecular flexibility index (Phi) is 16.7. The monoisotopic (exact) mass is 1010 g/mol. The third-order valence-electron chi connectivity index (χ3n) is 12.9. The molecule has 0 saturated heterocycles. The van der Waals surface area contributed by atoms with E-state index in [-0.39, 0.29) is 82.1 Å². The van der Waals surface area contributed by atoms with Gasteiger partial charge in [0.1, 0.15) is 18.7 Å². The third-order valence-corrected chi connectivity index (χ3v) is 12.9. The summed E-state index contributed by atoms with van der Waals surface area (Å²) in [6.45, 7) is 0.690. The summed E-state index contributed by atoms with van der Waals surface area (Å²) in [5, 5.41) is 10.8. The second-order valence-electron chi connectivity index (χ2n) is 17.9. The Morgan fingerprint density at radius 1 is 0.757 bits per heavy atom. The highest BCUT2D eigenvalue weighted by Gasteiger charge is 2.28. The number of nitrogens with one attached hydrogen (secondary N) is 3. The first-order chi connectivity index (χ1) is 35.8. The lowest BCUT2D eigenvalue weighted by molar-refractivity contribution is -0.137. The van der Waals surface area contributed by atoms with E-state index in [1.54, 1.807) is 66.3 Å². The molecule has 2 aliphatic heterocycles. The first-order valence-electron chi connectivity index (χ1n) is 24.3. The maximum Gasteiger partial charge on any atom is 0.409 e. The van der Waals surface area contributed by atoms with Gasteiger partial charge in [0.05, 0.1) is 30.6 Å². The maximum atomic E-state index is 14.4. The summed E-state index contributed by atoms with van der Waals surface area (Å²) in [7, 11) is 4.59. The second kappa shape index (κ2) is 23.8. The molecule has 0 aliphatic carbocycles. The van der Waals surface area contributed by atoms with Crippen LogP contribution in [0.5, 0.6) is 23.0 Å². The predicted octanol–water partition coefficient (Wildman–Crippen LogP) is 5.09. The number of hydrogen-bond donors (Lipinski definition) is 4. The van der Waals surface area contributed by atoms with E-state index in [2.05, 4.69) is 16.0 Å². The van der Waals surface area contributed by atoms with Crippen LogP contribution in [0.1, 0.15) is 49.7 Å². The van der Waals surface area contributed by atoms with Crippen LogP contribution in [0.2, 0.25) is 0 Å². The normalized spacial score (nSPS) is 13.5. The minimum Gasteiger partial charge on any atom is -0.493 e. The van der Waals surface area contributed by atoms with Gasteiger partial charge in [0, 0.05) is 85.8 Å². The molecule has 8 rings (SSSR count). The molecule has 20 nitrogen and oxygen atoms in total. The van der Waals surface area contributed by atoms with Gasteiger partial charge in [-0.2, -0.15) is 0 Å². The summed E-state index contributed by atoms with van der Waals surface area (Å²) in [6, 6.07) is 20.8. The van der Waals surface area contributed by atoms with Gasteiger partial charge >= 0.3 is 6.09 Å². The van der Waals surface area contributed by atoms with Gasteiger partial charge in [0.15, 0.2) is 23.0 Å². The SMILES string of the molecule is COc1cc2c(=O)n(CCN(C)C(=O)OCc3ccc(NC(=O)[C@H](CCCN)NC(=O)[C@H](Cc4ccccc4)NC(=O)CCCCCN4C(=O)C=CC4=O)cc3)c3c4cc5c(cc4ncc3c2cc1OC)OCO5. The van der Waals surface area contributed by atoms with Crippen molar-refractivity contribution in [2.75, 3.05) is 53.0 Å². The molecule has 2 aliphatic rings. The van der Waals surface area contributed by atoms with Crippen molar-refractivity contribution in [3.8, 4) is 23.0 Å². The average Bonchev–Trinajstić information content (AvgIpc) is 4.01. The second-order valence-corrected chi connectivity index (χ2v) is 17.9. The number of nitrogens with zero attached hydrogens (tertiary/aromatic N) is 4. The van der Waals surface area contributed by atoms with Crippen LogP contribution in [0.15, 0.2) is 102 Å². The van der Waals surface area contributed by atoms with Crippen molar-refractivity contribution in [1.29, 1.82) is 0 Å². The number of carbonyl (C=O) groups is 6. The quantitative estimate of drug-likeness (QED) is 0.0371. The zero-order valence-corrected chi connectivity index (χ0v) is 41.3. The number of hydrogen-bond acceptors (Lipinski definition) is 14. The van der Waals surface area contributed by atoms with Gasteiger partial charge in [-0.15, -0.1) is 0 Å². The maximum absolute atomic E-state index is 14.4. The molecule has 0 radical (unpaired) electrons. The molecule has 0 unspecified atom stereocenters. The summed E-state index contributed by atoms with van der Waals surface area (Å²) in [5.41, 5.74) is 8.54. The average molecular weight is 1010 g/mol. The summed E-state index contributed by atoms with van der Waals surface area (Å²) in [4.78, 5) is 99.5. The van der Waals surface area contributed by atoms with E-state index in [0.717, 1.165) is 10.5 Å². The number of rotatable bonds is 23. The Morgan fingerprint density at radius 3 is 2.16 bits per heavy atom. The van der Waals surface area contributed by atoms with Crippen LogP contribution in [0, 0.1) is 0 Å². The smallest absolute Gasteiger partial charge is 0.409 e. The van der Waals surface area contributed by atoms with Crippen molar-refractivity contribution < 1.29 is 52.5 Å². The minimum absolute atomic E-state index is 0.0587. The number of methoxy groups -OCH3 is 2. The Hall–Kier alpha value is -8.52. The predicted molar refractivity (Wildman–Crippen MR) is 275 cm³/mol. The van der Waals surface area contributed by atoms with Gasteiger partial charge in [-0.1, -0.05) is 48.9 Å². The number of amides is 6. The molecule has 4 heterocycles. The number of pyridine rings is 2. The van der Waals surface area contributed by atoms with Gasteiger partial charge in [0.25, 0.3) is 17.4 Å². The topological polar surface area (TPSA) is 252 Å². The standard InChI is InChI=1S/C54H58N8O12/c1-60(23-24-62-50-38-28-45-46(74-32-73-45)29-41(38)56-30-39(50)36-26-43(70-2)44(71-3)27-37(36)53(62)68)54(69)72-31-34-15-17-35(18-16-34)57-51(66)40(13-10-21-55)59-52(67)42(25-33-11-6-4-7-12-33)58-47(63)14-8-5-9-22-61-48(64)19-20-49(61)65/h4,6-7,11-12,15-20,26-30,40,42H,5,8-10,13-14,21-25,31-32,55H2,1-3H3,(H,57,66)(H,58,63)(H,59,67)/t40-,42-/m0/s1. The van der Waals surface area contributed by atoms with Gasteiger partial charge < -0.3 is 54.8 Å². The van der Waals surface area contributed by atoms with E-state index in [1.165, 1.54) is 31.3 Å². The first kappa shape index (κ1) is 51.8. The molecular formula is C54H58N8O12. The zero-order chi connectivity index (χ0) is 52.3. The van der Waals surface area contributed by atoms with Gasteiger partial charge in [-0.3, -0.25) is 38.7 Å². The van der Waals surface area contributed by atoms with Crippen LogP contribution in [-0.4, -0.2) is 115 Å². The summed E-state index contributed by atoms with van der Waals surface area (Å²) >= 11 is 0. The van der Waals surface area contributed by atoms with Crippen LogP contribution in [0.25, 0.3) is 32.6 Å². The van der Waals surface area contributed by atoms with E-state index >= 15 is 0 Å². The van der Waals surface area contributed by atoms with E-state index in [0.29, 0.717) is 92.5 Å². The van der Waals surface area contributed by atoms with Crippen molar-refractivity contribution in [1.82, 2.24) is 30.0 Å². The molecule has 0 fully saturated rings. The fraction of sp³-hybridized carbons (Fsp3) is 0.333. The van der Waals surface area contributed by atoms with Crippen molar-refractivity contribution in [3.05, 3.63) is 119 Å². The van der Waals surface area contributed by atoms with Gasteiger partial charge in [-0.25, -0.2) is 4.79 Å². The number of ether oxygens (including phenoxy) is 5. The minimum atomic E-state index is -0.994. The largest absolute Gasteiger partial charge is 0.493 e. The molecule has 2 aromatic heterocycles. The Labute approximate surface area is 425 Å². The molecule has 2 atom stereocenters. The highest BCUT2D eigenvalue weighted by molar-refractivity contribution is 6.15. The lowest BCUT2D eigenvalue weighted by Gasteiger charge is -2.23. The van der Waals surface area contributed by atoms with E-state index < -0.39 is 30.0 Å². The van der Waals surface area contributed by atoms with Crippen LogP contribution in [0.4, 0.5) is 10.5 Å². The highest BCUT2D eigenvalue weighted by atomic mass is 16.7. The number of aromatic nitrogens is 2. The molecule has 74 heavy (non-hydrogen) atoms. The number of benzene rings is 4. The molecule has 5 N–H and O–H groups in total. The number of anilines is 1. The van der Waals surface area contributed by atoms with Crippen molar-refractivity contribution >= 4 is 73.9 Å². The van der Waals surface area contributed by atoms with Crippen LogP contribution < -0.4 is 46.2 Å². The number of likely N-dealkylation sites (N-methyl/N-ethyl adjacent to an activating group) is 1. The molecule has 6 aromatic rings. The van der Waals surface area contributed by atoms with Gasteiger partial charge in [0.2, 0.25) is 24.5 Å². The van der Waals surface area contributed by atoms with Crippen molar-refractivity contribution in [2.45, 2.75) is 70.2 Å². The van der Waals surface area contributed by atoms with Crippen LogP contribution in [-0.2, 0) is 48.3 Å². The van der Waals surface area contributed by atoms with Crippen LogP contribution >= 0.6 is 0 Å². The lowest BCUT2D eigenvalue weighted by atomic mass is 10.0. The van der Waals surface area contributed by atoms with E-state index in [1.807, 2.05) is 30.3 Å². The number of nitrogens with two attached hydrogens (primary N) is 1. The summed E-state index contributed by atoms with van der Waals surface area (Å²) in [6.07, 6.45) is 6.08. The molecule has 4 aromatic carbocycles. The van der Waals surface area contributed by atoms with Gasteiger partial charge in [-0.05, 0) is 73.7 Å². The molecule has 0 saturated carbocycles. The molecule has 386 valence electrons. The fourth-order valence-corrected chi connectivity index (χ4v) is 8.88. The number of imide groups is 1. The Balaban J connectivity index is 0.877. The molecule has 0 spiro atoms. The van der Waals surface area contributed by atoms with E-state index in [9.17, 15) is 33.6 Å². The number of fused-ring (bicyclic) bond motifs is 6. The highest BCUT2D eigenvalue weighted by Crippen LogP contribution is 2.40. The molecule has 0 bridgehead atoms. The molecule has 6 amide bonds. The van der Waals surface area contributed by atoms with Crippen molar-refractivity contribution in [3.63, 3.8) is 0 Å². The molecule has 20 heteroatoms. The zero-order valence-electron chi connectivity index (χ0n) is 41.3. The number of unbranched alkanes of at least 4 members (excludes halogenated alkanes) is 2. The van der Waals surface area contributed by atoms with Crippen molar-refractivity contribution in [2.24, 2.45) is 5.73 Å². The third kappa shape index (κ3) is 12.0. The number of carbonyl (C=O) groups excluding carboxylic acids is 6. The van der Waals surface area contributed by atoms with Crippen LogP contribution in [0.3, 0.4) is 0 Å². The lowest BCUT2D eigenvalue weighted by Crippen LogP contribution is -2.53. The molecular weight excluding hydrogens is 953 g/mol. The first-order valence-corrected chi connectivity index (χ1v) is 24.3.